The fraction of sp³-hybridized carbons (Fsp3) is 0.240. The van der Waals surface area contributed by atoms with Crippen molar-refractivity contribution in [1.29, 1.82) is 0 Å². The van der Waals surface area contributed by atoms with Gasteiger partial charge in [-0.15, -0.1) is 0 Å². The third-order valence-electron chi connectivity index (χ3n) is 5.83. The summed E-state index contributed by atoms with van der Waals surface area (Å²) in [5, 5.41) is 2.97. The molecule has 5 rings (SSSR count). The summed E-state index contributed by atoms with van der Waals surface area (Å²) >= 11 is 0. The molecule has 0 fully saturated rings. The Morgan fingerprint density at radius 2 is 1.84 bits per heavy atom. The highest BCUT2D eigenvalue weighted by Crippen LogP contribution is 2.28. The second-order valence-electron chi connectivity index (χ2n) is 8.06. The van der Waals surface area contributed by atoms with E-state index in [1.165, 1.54) is 11.1 Å². The van der Waals surface area contributed by atoms with Crippen LogP contribution in [0.4, 0.5) is 0 Å². The number of likely N-dealkylation sites (N-methyl/N-ethyl adjacent to an activating group) is 1. The number of pyridine rings is 1. The number of imidazole rings is 1. The highest BCUT2D eigenvalue weighted by atomic mass is 16.1. The summed E-state index contributed by atoms with van der Waals surface area (Å²) in [5.41, 5.74) is 6.13. The molecule has 4 aromatic rings. The van der Waals surface area contributed by atoms with Gasteiger partial charge in [0.15, 0.2) is 0 Å². The van der Waals surface area contributed by atoms with Gasteiger partial charge in [-0.2, -0.15) is 0 Å². The van der Waals surface area contributed by atoms with Crippen molar-refractivity contribution in [3.63, 3.8) is 0 Å². The predicted octanol–water partition coefficient (Wildman–Crippen LogP) is 3.52. The number of amides is 1. The summed E-state index contributed by atoms with van der Waals surface area (Å²) in [6.45, 7) is 3.20. The van der Waals surface area contributed by atoms with Gasteiger partial charge in [-0.3, -0.25) is 9.78 Å². The number of aromatic nitrogens is 3. The maximum atomic E-state index is 12.4. The summed E-state index contributed by atoms with van der Waals surface area (Å²) < 4.78 is 2.17. The molecule has 2 aromatic carbocycles. The number of carbonyl (C=O) groups is 1. The number of nitrogens with zero attached hydrogens (tertiary/aromatic N) is 4. The Balaban J connectivity index is 1.34. The van der Waals surface area contributed by atoms with Crippen LogP contribution in [0.15, 0.2) is 67.0 Å². The quantitative estimate of drug-likeness (QED) is 0.527. The van der Waals surface area contributed by atoms with Crippen LogP contribution in [0.25, 0.3) is 22.4 Å². The standard InChI is InChI=1S/C25H25N5O/c1-29(15-11-18-9-12-26-13-10-18)17-19-5-7-20(8-6-19)24-28-22-4-2-3-21-23(22)30(24)16-14-27-25(21)31/h2-10,12-13H,11,14-17H2,1H3,(H,27,31). The molecule has 0 radical (unpaired) electrons. The van der Waals surface area contributed by atoms with E-state index in [9.17, 15) is 4.79 Å². The fourth-order valence-corrected chi connectivity index (χ4v) is 4.20. The van der Waals surface area contributed by atoms with Gasteiger partial charge in [0.05, 0.1) is 16.6 Å². The lowest BCUT2D eigenvalue weighted by Gasteiger charge is -2.17. The molecule has 0 unspecified atom stereocenters. The van der Waals surface area contributed by atoms with Crippen LogP contribution in [0.3, 0.4) is 0 Å². The molecule has 6 nitrogen and oxygen atoms in total. The molecule has 0 aliphatic carbocycles. The molecule has 1 aliphatic rings. The number of para-hydroxylation sites is 1. The smallest absolute Gasteiger partial charge is 0.253 e. The second kappa shape index (κ2) is 8.32. The average Bonchev–Trinajstić information content (AvgIpc) is 3.08. The Morgan fingerprint density at radius 3 is 2.65 bits per heavy atom. The lowest BCUT2D eigenvalue weighted by Crippen LogP contribution is -2.24. The molecule has 1 N–H and O–H groups in total. The molecular formula is C25H25N5O. The van der Waals surface area contributed by atoms with Gasteiger partial charge in [0.25, 0.3) is 5.91 Å². The van der Waals surface area contributed by atoms with Gasteiger partial charge in [-0.05, 0) is 48.9 Å². The summed E-state index contributed by atoms with van der Waals surface area (Å²) in [4.78, 5) is 23.6. The minimum Gasteiger partial charge on any atom is -0.350 e. The van der Waals surface area contributed by atoms with E-state index in [1.54, 1.807) is 0 Å². The van der Waals surface area contributed by atoms with Crippen molar-refractivity contribution in [3.05, 3.63) is 83.7 Å². The third-order valence-corrected chi connectivity index (χ3v) is 5.83. The fourth-order valence-electron chi connectivity index (χ4n) is 4.20. The monoisotopic (exact) mass is 411 g/mol. The van der Waals surface area contributed by atoms with Crippen LogP contribution < -0.4 is 5.32 Å². The first-order valence-electron chi connectivity index (χ1n) is 10.6. The number of hydrogen-bond donors (Lipinski definition) is 1. The maximum absolute atomic E-state index is 12.4. The van der Waals surface area contributed by atoms with Crippen LogP contribution in [-0.4, -0.2) is 45.5 Å². The molecule has 0 atom stereocenters. The van der Waals surface area contributed by atoms with Crippen molar-refractivity contribution in [2.75, 3.05) is 20.1 Å². The van der Waals surface area contributed by atoms with Crippen LogP contribution in [0.5, 0.6) is 0 Å². The van der Waals surface area contributed by atoms with E-state index >= 15 is 0 Å². The lowest BCUT2D eigenvalue weighted by molar-refractivity contribution is 0.0956. The zero-order chi connectivity index (χ0) is 21.2. The number of benzene rings is 2. The number of nitrogens with one attached hydrogen (secondary N) is 1. The molecule has 156 valence electrons. The van der Waals surface area contributed by atoms with E-state index in [4.69, 9.17) is 4.98 Å². The predicted molar refractivity (Wildman–Crippen MR) is 122 cm³/mol. The molecule has 3 heterocycles. The van der Waals surface area contributed by atoms with Crippen LogP contribution in [0.1, 0.15) is 21.5 Å². The molecule has 1 amide bonds. The Hall–Kier alpha value is -3.51. The van der Waals surface area contributed by atoms with Crippen molar-refractivity contribution in [3.8, 4) is 11.4 Å². The first-order valence-corrected chi connectivity index (χ1v) is 10.6. The van der Waals surface area contributed by atoms with Crippen LogP contribution in [0.2, 0.25) is 0 Å². The van der Waals surface area contributed by atoms with Crippen LogP contribution >= 0.6 is 0 Å². The zero-order valence-electron chi connectivity index (χ0n) is 17.6. The van der Waals surface area contributed by atoms with E-state index < -0.39 is 0 Å². The summed E-state index contributed by atoms with van der Waals surface area (Å²) in [7, 11) is 2.15. The first-order chi connectivity index (χ1) is 15.2. The molecule has 31 heavy (non-hydrogen) atoms. The van der Waals surface area contributed by atoms with Gasteiger partial charge >= 0.3 is 0 Å². The molecule has 0 spiro atoms. The van der Waals surface area contributed by atoms with Crippen molar-refractivity contribution in [2.45, 2.75) is 19.5 Å². The average molecular weight is 412 g/mol. The van der Waals surface area contributed by atoms with Gasteiger partial charge in [0.2, 0.25) is 0 Å². The van der Waals surface area contributed by atoms with Gasteiger partial charge in [0, 0.05) is 44.1 Å². The normalized spacial score (nSPS) is 13.4. The first kappa shape index (κ1) is 19.5. The Kier molecular flexibility index (Phi) is 5.22. The highest BCUT2D eigenvalue weighted by Gasteiger charge is 2.21. The highest BCUT2D eigenvalue weighted by molar-refractivity contribution is 6.06. The van der Waals surface area contributed by atoms with Crippen molar-refractivity contribution in [2.24, 2.45) is 0 Å². The van der Waals surface area contributed by atoms with E-state index in [1.807, 2.05) is 30.6 Å². The van der Waals surface area contributed by atoms with E-state index in [2.05, 4.69) is 63.2 Å². The van der Waals surface area contributed by atoms with Gasteiger partial charge in [0.1, 0.15) is 5.82 Å². The van der Waals surface area contributed by atoms with E-state index in [-0.39, 0.29) is 5.91 Å². The van der Waals surface area contributed by atoms with Crippen molar-refractivity contribution >= 4 is 16.9 Å². The van der Waals surface area contributed by atoms with Gasteiger partial charge < -0.3 is 14.8 Å². The topological polar surface area (TPSA) is 63.1 Å². The van der Waals surface area contributed by atoms with Crippen LogP contribution in [0, 0.1) is 0 Å². The Labute approximate surface area is 181 Å². The second-order valence-corrected chi connectivity index (χ2v) is 8.06. The Morgan fingerprint density at radius 1 is 1.03 bits per heavy atom. The number of hydrogen-bond acceptors (Lipinski definition) is 4. The summed E-state index contributed by atoms with van der Waals surface area (Å²) in [6, 6.07) is 18.5. The van der Waals surface area contributed by atoms with Crippen molar-refractivity contribution < 1.29 is 4.79 Å². The number of carbonyl (C=O) groups excluding carboxylic acids is 1. The van der Waals surface area contributed by atoms with Crippen molar-refractivity contribution in [1.82, 2.24) is 24.8 Å². The molecule has 0 saturated carbocycles. The molecule has 1 aliphatic heterocycles. The molecular weight excluding hydrogens is 386 g/mol. The molecule has 2 aromatic heterocycles. The third kappa shape index (κ3) is 3.94. The molecule has 0 saturated heterocycles. The van der Waals surface area contributed by atoms with E-state index in [0.717, 1.165) is 41.9 Å². The maximum Gasteiger partial charge on any atom is 0.253 e. The minimum atomic E-state index is -0.0269. The Bertz CT molecular complexity index is 1210. The molecule has 0 bridgehead atoms. The van der Waals surface area contributed by atoms with Gasteiger partial charge in [-0.25, -0.2) is 4.98 Å². The SMILES string of the molecule is CN(CCc1ccncc1)Cc1ccc(-c2nc3cccc4c3n2CCNC4=O)cc1. The summed E-state index contributed by atoms with van der Waals surface area (Å²) in [6.07, 6.45) is 4.70. The lowest BCUT2D eigenvalue weighted by atomic mass is 10.1. The van der Waals surface area contributed by atoms with Gasteiger partial charge in [-0.1, -0.05) is 30.3 Å². The molecule has 6 heteroatoms. The van der Waals surface area contributed by atoms with Crippen LogP contribution in [-0.2, 0) is 19.5 Å². The largest absolute Gasteiger partial charge is 0.350 e. The number of rotatable bonds is 6. The van der Waals surface area contributed by atoms with E-state index in [0.29, 0.717) is 18.7 Å². The minimum absolute atomic E-state index is 0.0269. The zero-order valence-corrected chi connectivity index (χ0v) is 17.6. The summed E-state index contributed by atoms with van der Waals surface area (Å²) in [5.74, 6) is 0.887.